The summed E-state index contributed by atoms with van der Waals surface area (Å²) in [5.41, 5.74) is 0.780. The van der Waals surface area contributed by atoms with E-state index in [1.807, 2.05) is 28.8 Å². The standard InChI is InChI=1S/C13H15N3O2/c17-13(18)10-6-2-1-5-9(10)12-15-14-11-7-3-4-8-16(11)12/h3-4,7-10H,1-2,5-6H2,(H,17,18). The Morgan fingerprint density at radius 1 is 1.28 bits per heavy atom. The summed E-state index contributed by atoms with van der Waals surface area (Å²) in [4.78, 5) is 11.3. The quantitative estimate of drug-likeness (QED) is 0.879. The van der Waals surface area contributed by atoms with Gasteiger partial charge in [0.2, 0.25) is 0 Å². The molecule has 18 heavy (non-hydrogen) atoms. The molecule has 0 radical (unpaired) electrons. The lowest BCUT2D eigenvalue weighted by atomic mass is 9.79. The van der Waals surface area contributed by atoms with Crippen molar-refractivity contribution < 1.29 is 9.90 Å². The molecule has 0 aromatic carbocycles. The van der Waals surface area contributed by atoms with Crippen LogP contribution < -0.4 is 0 Å². The van der Waals surface area contributed by atoms with Crippen LogP contribution in [0.3, 0.4) is 0 Å². The van der Waals surface area contributed by atoms with Crippen molar-refractivity contribution in [2.45, 2.75) is 31.6 Å². The fourth-order valence-corrected chi connectivity index (χ4v) is 2.85. The lowest BCUT2D eigenvalue weighted by molar-refractivity contribution is -0.143. The summed E-state index contributed by atoms with van der Waals surface area (Å²) in [6.07, 6.45) is 5.58. The molecule has 1 aliphatic carbocycles. The van der Waals surface area contributed by atoms with Crippen molar-refractivity contribution in [1.29, 1.82) is 0 Å². The second-order valence-corrected chi connectivity index (χ2v) is 4.82. The van der Waals surface area contributed by atoms with Gasteiger partial charge in [-0.2, -0.15) is 0 Å². The monoisotopic (exact) mass is 245 g/mol. The highest BCUT2D eigenvalue weighted by Crippen LogP contribution is 2.37. The topological polar surface area (TPSA) is 67.5 Å². The van der Waals surface area contributed by atoms with Gasteiger partial charge in [0.1, 0.15) is 5.82 Å². The maximum absolute atomic E-state index is 11.3. The molecule has 5 heteroatoms. The molecule has 5 nitrogen and oxygen atoms in total. The largest absolute Gasteiger partial charge is 0.481 e. The van der Waals surface area contributed by atoms with Gasteiger partial charge in [0.15, 0.2) is 5.65 Å². The number of nitrogens with zero attached hydrogens (tertiary/aromatic N) is 3. The lowest BCUT2D eigenvalue weighted by Gasteiger charge is -2.27. The Labute approximate surface area is 104 Å². The third-order valence-electron chi connectivity index (χ3n) is 3.75. The minimum Gasteiger partial charge on any atom is -0.481 e. The van der Waals surface area contributed by atoms with Crippen molar-refractivity contribution in [3.05, 3.63) is 30.2 Å². The first kappa shape index (κ1) is 11.2. The van der Waals surface area contributed by atoms with E-state index < -0.39 is 5.97 Å². The molecule has 2 unspecified atom stereocenters. The highest BCUT2D eigenvalue weighted by Gasteiger charge is 2.34. The van der Waals surface area contributed by atoms with Crippen molar-refractivity contribution in [1.82, 2.24) is 14.6 Å². The van der Waals surface area contributed by atoms with Crippen LogP contribution in [0, 0.1) is 5.92 Å². The van der Waals surface area contributed by atoms with Gasteiger partial charge in [-0.15, -0.1) is 10.2 Å². The van der Waals surface area contributed by atoms with Gasteiger partial charge >= 0.3 is 5.97 Å². The van der Waals surface area contributed by atoms with E-state index in [9.17, 15) is 9.90 Å². The summed E-state index contributed by atoms with van der Waals surface area (Å²) >= 11 is 0. The summed E-state index contributed by atoms with van der Waals surface area (Å²) in [7, 11) is 0. The molecule has 0 saturated heterocycles. The zero-order valence-corrected chi connectivity index (χ0v) is 9.99. The third kappa shape index (κ3) is 1.75. The predicted octanol–water partition coefficient (Wildman–Crippen LogP) is 2.09. The number of hydrogen-bond acceptors (Lipinski definition) is 3. The second-order valence-electron chi connectivity index (χ2n) is 4.82. The van der Waals surface area contributed by atoms with Gasteiger partial charge in [0, 0.05) is 12.1 Å². The summed E-state index contributed by atoms with van der Waals surface area (Å²) in [6, 6.07) is 5.71. The Hall–Kier alpha value is -1.91. The highest BCUT2D eigenvalue weighted by atomic mass is 16.4. The van der Waals surface area contributed by atoms with Gasteiger partial charge < -0.3 is 5.11 Å². The van der Waals surface area contributed by atoms with Crippen LogP contribution in [0.5, 0.6) is 0 Å². The van der Waals surface area contributed by atoms with Crippen LogP contribution in [-0.2, 0) is 4.79 Å². The molecule has 0 aliphatic heterocycles. The Bertz CT molecular complexity index is 578. The van der Waals surface area contributed by atoms with Gasteiger partial charge in [0.05, 0.1) is 5.92 Å². The number of carbonyl (C=O) groups is 1. The number of rotatable bonds is 2. The van der Waals surface area contributed by atoms with Crippen molar-refractivity contribution >= 4 is 11.6 Å². The molecule has 3 rings (SSSR count). The van der Waals surface area contributed by atoms with E-state index >= 15 is 0 Å². The molecule has 1 aliphatic rings. The first-order valence-corrected chi connectivity index (χ1v) is 6.30. The SMILES string of the molecule is O=C(O)C1CCCCC1c1nnc2ccccn12. The average Bonchev–Trinajstić information content (AvgIpc) is 2.82. The summed E-state index contributed by atoms with van der Waals surface area (Å²) in [5.74, 6) is -0.273. The highest BCUT2D eigenvalue weighted by molar-refractivity contribution is 5.71. The number of carboxylic acid groups (broad SMARTS) is 1. The number of carboxylic acids is 1. The third-order valence-corrected chi connectivity index (χ3v) is 3.75. The van der Waals surface area contributed by atoms with Gasteiger partial charge in [-0.25, -0.2) is 0 Å². The van der Waals surface area contributed by atoms with E-state index in [0.29, 0.717) is 0 Å². The Morgan fingerprint density at radius 2 is 2.11 bits per heavy atom. The average molecular weight is 245 g/mol. The van der Waals surface area contributed by atoms with E-state index in [0.717, 1.165) is 37.2 Å². The van der Waals surface area contributed by atoms with Gasteiger partial charge in [-0.3, -0.25) is 9.20 Å². The Kier molecular flexibility index (Phi) is 2.74. The Balaban J connectivity index is 2.04. The zero-order chi connectivity index (χ0) is 12.5. The van der Waals surface area contributed by atoms with Crippen molar-refractivity contribution in [2.24, 2.45) is 5.92 Å². The smallest absolute Gasteiger partial charge is 0.307 e. The van der Waals surface area contributed by atoms with E-state index in [2.05, 4.69) is 10.2 Å². The maximum atomic E-state index is 11.3. The molecule has 0 amide bonds. The lowest BCUT2D eigenvalue weighted by Crippen LogP contribution is -2.26. The summed E-state index contributed by atoms with van der Waals surface area (Å²) < 4.78 is 1.91. The molecule has 1 fully saturated rings. The molecule has 0 bridgehead atoms. The first-order valence-electron chi connectivity index (χ1n) is 6.30. The molecule has 94 valence electrons. The molecule has 1 N–H and O–H groups in total. The molecule has 0 spiro atoms. The molecule has 2 heterocycles. The zero-order valence-electron chi connectivity index (χ0n) is 9.99. The van der Waals surface area contributed by atoms with Crippen LogP contribution in [-0.4, -0.2) is 25.7 Å². The number of pyridine rings is 1. The molecule has 2 aromatic rings. The van der Waals surface area contributed by atoms with E-state index in [-0.39, 0.29) is 11.8 Å². The number of aromatic nitrogens is 3. The van der Waals surface area contributed by atoms with Crippen LogP contribution >= 0.6 is 0 Å². The van der Waals surface area contributed by atoms with Crippen LogP contribution in [0.1, 0.15) is 37.4 Å². The molecular weight excluding hydrogens is 230 g/mol. The van der Waals surface area contributed by atoms with E-state index in [1.54, 1.807) is 0 Å². The second kappa shape index (κ2) is 4.40. The summed E-state index contributed by atoms with van der Waals surface area (Å²) in [5, 5.41) is 17.6. The minimum absolute atomic E-state index is 0.0198. The number of hydrogen-bond donors (Lipinski definition) is 1. The van der Waals surface area contributed by atoms with Gasteiger partial charge in [-0.1, -0.05) is 18.9 Å². The number of aliphatic carboxylic acids is 1. The fourth-order valence-electron chi connectivity index (χ4n) is 2.85. The van der Waals surface area contributed by atoms with Gasteiger partial charge in [0.25, 0.3) is 0 Å². The summed E-state index contributed by atoms with van der Waals surface area (Å²) in [6.45, 7) is 0. The van der Waals surface area contributed by atoms with Crippen molar-refractivity contribution in [3.63, 3.8) is 0 Å². The van der Waals surface area contributed by atoms with Crippen LogP contribution in [0.25, 0.3) is 5.65 Å². The minimum atomic E-state index is -0.715. The fraction of sp³-hybridized carbons (Fsp3) is 0.462. The van der Waals surface area contributed by atoms with Crippen LogP contribution in [0.2, 0.25) is 0 Å². The number of fused-ring (bicyclic) bond motifs is 1. The van der Waals surface area contributed by atoms with Crippen LogP contribution in [0.15, 0.2) is 24.4 Å². The molecule has 1 saturated carbocycles. The maximum Gasteiger partial charge on any atom is 0.307 e. The van der Waals surface area contributed by atoms with E-state index in [1.165, 1.54) is 0 Å². The molecule has 2 aromatic heterocycles. The van der Waals surface area contributed by atoms with E-state index in [4.69, 9.17) is 0 Å². The molecule has 2 atom stereocenters. The van der Waals surface area contributed by atoms with Crippen molar-refractivity contribution in [3.8, 4) is 0 Å². The van der Waals surface area contributed by atoms with Crippen molar-refractivity contribution in [2.75, 3.05) is 0 Å². The predicted molar refractivity (Wildman–Crippen MR) is 65.3 cm³/mol. The van der Waals surface area contributed by atoms with Crippen LogP contribution in [0.4, 0.5) is 0 Å². The van der Waals surface area contributed by atoms with Gasteiger partial charge in [-0.05, 0) is 25.0 Å². The Morgan fingerprint density at radius 3 is 2.94 bits per heavy atom. The molecular formula is C13H15N3O2. The first-order chi connectivity index (χ1) is 8.77. The normalized spacial score (nSPS) is 24.2.